The lowest BCUT2D eigenvalue weighted by Gasteiger charge is -2.31. The van der Waals surface area contributed by atoms with Gasteiger partial charge < -0.3 is 25.4 Å². The van der Waals surface area contributed by atoms with E-state index in [9.17, 15) is 29.1 Å². The lowest BCUT2D eigenvalue weighted by atomic mass is 10.1. The highest BCUT2D eigenvalue weighted by molar-refractivity contribution is 7.15. The highest BCUT2D eigenvalue weighted by atomic mass is 35.6. The average Bonchev–Trinajstić information content (AvgIpc) is 3.30. The van der Waals surface area contributed by atoms with Crippen LogP contribution in [0.5, 0.6) is 0 Å². The summed E-state index contributed by atoms with van der Waals surface area (Å²) in [6.07, 6.45) is 0.0525. The molecule has 15 heteroatoms. The summed E-state index contributed by atoms with van der Waals surface area (Å²) in [7, 11) is 0. The average molecular weight is 630 g/mol. The van der Waals surface area contributed by atoms with Crippen LogP contribution >= 0.6 is 46.1 Å². The number of esters is 1. The number of ether oxygens (including phenoxy) is 1. The van der Waals surface area contributed by atoms with Crippen molar-refractivity contribution in [2.24, 2.45) is 0 Å². The Kier molecular flexibility index (Phi) is 10.6. The summed E-state index contributed by atoms with van der Waals surface area (Å²) in [5.41, 5.74) is 0.975. The number of carbonyl (C=O) groups is 5. The Morgan fingerprint density at radius 2 is 1.85 bits per heavy atom. The van der Waals surface area contributed by atoms with Gasteiger partial charge in [-0.2, -0.15) is 0 Å². The van der Waals surface area contributed by atoms with Gasteiger partial charge in [0.2, 0.25) is 0 Å². The molecule has 2 heterocycles. The lowest BCUT2D eigenvalue weighted by molar-refractivity contribution is -0.119. The van der Waals surface area contributed by atoms with Crippen LogP contribution in [0.25, 0.3) is 0 Å². The van der Waals surface area contributed by atoms with Crippen molar-refractivity contribution in [2.45, 2.75) is 29.6 Å². The van der Waals surface area contributed by atoms with E-state index in [-0.39, 0.29) is 23.7 Å². The second kappa shape index (κ2) is 13.7. The maximum absolute atomic E-state index is 13.2. The number of anilines is 1. The molecule has 0 aliphatic carbocycles. The van der Waals surface area contributed by atoms with Crippen molar-refractivity contribution >= 4 is 81.7 Å². The van der Waals surface area contributed by atoms with E-state index in [2.05, 4.69) is 22.5 Å². The van der Waals surface area contributed by atoms with E-state index >= 15 is 0 Å². The first-order chi connectivity index (χ1) is 18.9. The number of carboxylic acid groups (broad SMARTS) is 1. The number of hydrogen-bond acceptors (Lipinski definition) is 7. The number of thiophene rings is 1. The molecule has 0 unspecified atom stereocenters. The number of rotatable bonds is 5. The molecule has 11 nitrogen and oxygen atoms in total. The third-order valence-corrected chi connectivity index (χ3v) is 6.99. The minimum atomic E-state index is -2.39. The number of nitrogens with zero attached hydrogens (tertiary/aromatic N) is 1. The van der Waals surface area contributed by atoms with Crippen LogP contribution in [0.4, 0.5) is 15.3 Å². The van der Waals surface area contributed by atoms with E-state index in [1.807, 2.05) is 5.32 Å². The molecule has 2 aromatic rings. The largest absolute Gasteiger partial charge is 0.465 e. The minimum Gasteiger partial charge on any atom is -0.465 e. The summed E-state index contributed by atoms with van der Waals surface area (Å²) < 4.78 is 2.57. The van der Waals surface area contributed by atoms with E-state index in [0.717, 1.165) is 11.3 Å². The van der Waals surface area contributed by atoms with Gasteiger partial charge in [-0.25, -0.2) is 14.4 Å². The second-order valence-corrected chi connectivity index (χ2v) is 11.7. The van der Waals surface area contributed by atoms with Crippen molar-refractivity contribution in [3.63, 3.8) is 0 Å². The van der Waals surface area contributed by atoms with Gasteiger partial charge in [0, 0.05) is 24.7 Å². The molecule has 5 amide bonds. The Hall–Kier alpha value is -3.50. The first kappa shape index (κ1) is 31.0. The van der Waals surface area contributed by atoms with Gasteiger partial charge in [-0.15, -0.1) is 11.3 Å². The molecule has 1 aromatic heterocycles. The van der Waals surface area contributed by atoms with Crippen molar-refractivity contribution in [2.75, 3.05) is 25.0 Å². The highest BCUT2D eigenvalue weighted by Crippen LogP contribution is 2.29. The van der Waals surface area contributed by atoms with Crippen LogP contribution < -0.4 is 16.0 Å². The molecule has 4 N–H and O–H groups in total. The fourth-order valence-corrected chi connectivity index (χ4v) is 4.61. The molecule has 1 aliphatic rings. The first-order valence-electron chi connectivity index (χ1n) is 11.8. The first-order valence-corrected chi connectivity index (χ1v) is 13.7. The van der Waals surface area contributed by atoms with Crippen LogP contribution in [0, 0.1) is 11.8 Å². The molecule has 1 aliphatic heterocycles. The summed E-state index contributed by atoms with van der Waals surface area (Å²) in [6.45, 7) is 2.44. The maximum Gasteiger partial charge on any atom is 0.407 e. The zero-order valence-corrected chi connectivity index (χ0v) is 24.0. The standard InChI is InChI=1S/C25H23Cl3N4O7S/c1-2-39-21(34)15-8-5-14(6-9-15)7-10-17-12-18(30-23(36)31-22(35)25(26,27)28)19(40-17)20(33)29-16-4-3-11-32(13-16)24(37)38/h5-6,8-9,12,16H,2-4,11,13H2,1H3,(H,29,33)(H,37,38)(H2,30,31,35,36)/t16-/m0/s1. The molecule has 1 saturated heterocycles. The molecule has 40 heavy (non-hydrogen) atoms. The molecule has 3 rings (SSSR count). The highest BCUT2D eigenvalue weighted by Gasteiger charge is 2.32. The number of likely N-dealkylation sites (tertiary alicyclic amines) is 1. The summed E-state index contributed by atoms with van der Waals surface area (Å²) in [4.78, 5) is 62.2. The van der Waals surface area contributed by atoms with Crippen LogP contribution in [-0.2, 0) is 9.53 Å². The fourth-order valence-electron chi connectivity index (χ4n) is 3.60. The third kappa shape index (κ3) is 8.76. The van der Waals surface area contributed by atoms with Crippen LogP contribution in [-0.4, -0.2) is 69.4 Å². The topological polar surface area (TPSA) is 154 Å². The number of piperidine rings is 1. The normalized spacial score (nSPS) is 14.8. The summed E-state index contributed by atoms with van der Waals surface area (Å²) in [5, 5.41) is 16.3. The smallest absolute Gasteiger partial charge is 0.407 e. The zero-order chi connectivity index (χ0) is 29.4. The number of halogens is 3. The Labute approximate surface area is 248 Å². The quantitative estimate of drug-likeness (QED) is 0.219. The Morgan fingerprint density at radius 3 is 2.48 bits per heavy atom. The van der Waals surface area contributed by atoms with Crippen molar-refractivity contribution in [3.8, 4) is 11.8 Å². The molecule has 0 radical (unpaired) electrons. The zero-order valence-electron chi connectivity index (χ0n) is 20.9. The van der Waals surface area contributed by atoms with Gasteiger partial charge in [0.1, 0.15) is 4.88 Å². The van der Waals surface area contributed by atoms with E-state index in [0.29, 0.717) is 35.4 Å². The number of imide groups is 1. The van der Waals surface area contributed by atoms with Crippen molar-refractivity contribution in [1.82, 2.24) is 15.5 Å². The number of alkyl halides is 3. The molecule has 1 aromatic carbocycles. The van der Waals surface area contributed by atoms with Crippen molar-refractivity contribution in [1.29, 1.82) is 0 Å². The number of hydrogen-bond donors (Lipinski definition) is 4. The molecule has 212 valence electrons. The molecule has 1 atom stereocenters. The molecular formula is C25H23Cl3N4O7S. The third-order valence-electron chi connectivity index (χ3n) is 5.42. The maximum atomic E-state index is 13.2. The van der Waals surface area contributed by atoms with Crippen molar-refractivity contribution < 1.29 is 33.8 Å². The number of carbonyl (C=O) groups excluding carboxylic acids is 4. The van der Waals surface area contributed by atoms with Gasteiger partial charge in [-0.05, 0) is 50.1 Å². The van der Waals surface area contributed by atoms with Crippen LogP contribution in [0.3, 0.4) is 0 Å². The van der Waals surface area contributed by atoms with Crippen molar-refractivity contribution in [3.05, 3.63) is 51.2 Å². The van der Waals surface area contributed by atoms with E-state index in [1.54, 1.807) is 31.2 Å². The number of urea groups is 1. The van der Waals surface area contributed by atoms with E-state index < -0.39 is 39.7 Å². The van der Waals surface area contributed by atoms with E-state index in [4.69, 9.17) is 39.5 Å². The predicted octanol–water partition coefficient (Wildman–Crippen LogP) is 4.22. The van der Waals surface area contributed by atoms with Gasteiger partial charge >= 0.3 is 18.1 Å². The monoisotopic (exact) mass is 628 g/mol. The SMILES string of the molecule is CCOC(=O)c1ccc(C#Cc2cc(NC(=O)NC(=O)C(Cl)(Cl)Cl)c(C(=O)N[C@H]3CCCN(C(=O)O)C3)s2)cc1. The van der Waals surface area contributed by atoms with Crippen LogP contribution in [0.1, 0.15) is 50.2 Å². The Bertz CT molecular complexity index is 1360. The Balaban J connectivity index is 1.83. The van der Waals surface area contributed by atoms with Gasteiger partial charge in [0.25, 0.3) is 15.6 Å². The summed E-state index contributed by atoms with van der Waals surface area (Å²) >= 11 is 17.4. The molecule has 1 fully saturated rings. The van der Waals surface area contributed by atoms with Gasteiger partial charge in [-0.3, -0.25) is 14.9 Å². The number of nitrogens with one attached hydrogen (secondary N) is 3. The molecule has 0 bridgehead atoms. The second-order valence-electron chi connectivity index (χ2n) is 8.35. The summed E-state index contributed by atoms with van der Waals surface area (Å²) in [6, 6.07) is 6.34. The minimum absolute atomic E-state index is 0.0324. The van der Waals surface area contributed by atoms with Gasteiger partial charge in [0.15, 0.2) is 0 Å². The molecule has 0 spiro atoms. The number of benzene rings is 1. The fraction of sp³-hybridized carbons (Fsp3) is 0.320. The van der Waals surface area contributed by atoms with Gasteiger partial charge in [-0.1, -0.05) is 46.6 Å². The Morgan fingerprint density at radius 1 is 1.15 bits per heavy atom. The van der Waals surface area contributed by atoms with Crippen LogP contribution in [0.2, 0.25) is 0 Å². The van der Waals surface area contributed by atoms with Crippen LogP contribution in [0.15, 0.2) is 30.3 Å². The summed E-state index contributed by atoms with van der Waals surface area (Å²) in [5.74, 6) is 3.59. The molecular weight excluding hydrogens is 607 g/mol. The number of amides is 5. The van der Waals surface area contributed by atoms with E-state index in [1.165, 1.54) is 11.0 Å². The molecule has 0 saturated carbocycles. The van der Waals surface area contributed by atoms with Gasteiger partial charge in [0.05, 0.1) is 22.7 Å². The lowest BCUT2D eigenvalue weighted by Crippen LogP contribution is -2.49. The predicted molar refractivity (Wildman–Crippen MR) is 150 cm³/mol.